The first kappa shape index (κ1) is 14.8. The van der Waals surface area contributed by atoms with Gasteiger partial charge in [0.15, 0.2) is 0 Å². The van der Waals surface area contributed by atoms with Gasteiger partial charge in [-0.1, -0.05) is 85.4 Å². The summed E-state index contributed by atoms with van der Waals surface area (Å²) < 4.78 is 0. The van der Waals surface area contributed by atoms with E-state index in [1.807, 2.05) is 0 Å². The maximum Gasteiger partial charge on any atom is 0.0239 e. The lowest BCUT2D eigenvalue weighted by Crippen LogP contribution is -2.27. The first-order chi connectivity index (χ1) is 8.60. The van der Waals surface area contributed by atoms with Crippen molar-refractivity contribution >= 4 is 14.0 Å². The fraction of sp³-hybridized carbons (Fsp3) is 0.556. The standard InChI is InChI=1S/C18H27P/c1-13-8-10-15-14(12-13)9-11-16(15)19(17(2,3)4)18(5,6)7/h8-12,16H,1-7H3. The summed E-state index contributed by atoms with van der Waals surface area (Å²) in [5.74, 6) is 0. The van der Waals surface area contributed by atoms with Crippen LogP contribution in [0.3, 0.4) is 0 Å². The molecule has 19 heavy (non-hydrogen) atoms. The molecule has 1 unspecified atom stereocenters. The molecule has 0 fully saturated rings. The summed E-state index contributed by atoms with van der Waals surface area (Å²) in [5, 5.41) is 0.740. The average Bonchev–Trinajstić information content (AvgIpc) is 2.56. The van der Waals surface area contributed by atoms with E-state index in [4.69, 9.17) is 0 Å². The molecule has 1 aliphatic rings. The van der Waals surface area contributed by atoms with Crippen molar-refractivity contribution in [2.75, 3.05) is 0 Å². The van der Waals surface area contributed by atoms with E-state index in [0.29, 0.717) is 16.0 Å². The van der Waals surface area contributed by atoms with Gasteiger partial charge >= 0.3 is 0 Å². The molecule has 2 rings (SSSR count). The highest BCUT2D eigenvalue weighted by Gasteiger charge is 2.41. The Bertz CT molecular complexity index is 483. The lowest BCUT2D eigenvalue weighted by atomic mass is 10.1. The highest BCUT2D eigenvalue weighted by molar-refractivity contribution is 7.61. The molecule has 0 N–H and O–H groups in total. The number of aryl methyl sites for hydroxylation is 1. The van der Waals surface area contributed by atoms with Crippen LogP contribution in [-0.2, 0) is 0 Å². The molecule has 0 aliphatic heterocycles. The van der Waals surface area contributed by atoms with E-state index in [1.165, 1.54) is 11.1 Å². The van der Waals surface area contributed by atoms with Gasteiger partial charge in [0.2, 0.25) is 0 Å². The van der Waals surface area contributed by atoms with Crippen LogP contribution in [0.25, 0.3) is 6.08 Å². The Balaban J connectivity index is 2.46. The first-order valence-corrected chi connectivity index (χ1v) is 8.60. The third kappa shape index (κ3) is 2.95. The predicted molar refractivity (Wildman–Crippen MR) is 89.4 cm³/mol. The van der Waals surface area contributed by atoms with Crippen LogP contribution >= 0.6 is 7.92 Å². The topological polar surface area (TPSA) is 0 Å². The highest BCUT2D eigenvalue weighted by Crippen LogP contribution is 2.69. The molecule has 0 bridgehead atoms. The lowest BCUT2D eigenvalue weighted by Gasteiger charge is -2.45. The second-order valence-electron chi connectivity index (χ2n) is 7.65. The number of hydrogen-bond donors (Lipinski definition) is 0. The molecule has 1 aromatic carbocycles. The largest absolute Gasteiger partial charge is 0.0840 e. The summed E-state index contributed by atoms with van der Waals surface area (Å²) in [7, 11) is -0.127. The van der Waals surface area contributed by atoms with E-state index in [0.717, 1.165) is 0 Å². The van der Waals surface area contributed by atoms with E-state index in [1.54, 1.807) is 5.56 Å². The van der Waals surface area contributed by atoms with Gasteiger partial charge < -0.3 is 0 Å². The Morgan fingerprint density at radius 2 is 1.53 bits per heavy atom. The van der Waals surface area contributed by atoms with Crippen molar-refractivity contribution in [2.45, 2.75) is 64.4 Å². The maximum absolute atomic E-state index is 2.45. The number of allylic oxidation sites excluding steroid dienone is 1. The second-order valence-corrected chi connectivity index (χ2v) is 11.6. The first-order valence-electron chi connectivity index (χ1n) is 7.19. The van der Waals surface area contributed by atoms with Crippen LogP contribution in [0.15, 0.2) is 24.3 Å². The minimum Gasteiger partial charge on any atom is -0.0840 e. The van der Waals surface area contributed by atoms with Gasteiger partial charge in [-0.2, -0.15) is 0 Å². The van der Waals surface area contributed by atoms with Gasteiger partial charge in [0, 0.05) is 5.66 Å². The van der Waals surface area contributed by atoms with Crippen LogP contribution in [0.4, 0.5) is 0 Å². The third-order valence-electron chi connectivity index (χ3n) is 3.74. The Hall–Kier alpha value is -0.610. The monoisotopic (exact) mass is 274 g/mol. The Kier molecular flexibility index (Phi) is 3.69. The minimum atomic E-state index is -0.127. The zero-order valence-electron chi connectivity index (χ0n) is 13.4. The molecular formula is C18H27P. The molecule has 0 aromatic heterocycles. The van der Waals surface area contributed by atoms with Crippen molar-refractivity contribution in [1.82, 2.24) is 0 Å². The van der Waals surface area contributed by atoms with Crippen molar-refractivity contribution < 1.29 is 0 Å². The summed E-state index contributed by atoms with van der Waals surface area (Å²) in [6.07, 6.45) is 4.78. The molecule has 0 heterocycles. The van der Waals surface area contributed by atoms with Crippen LogP contribution < -0.4 is 0 Å². The van der Waals surface area contributed by atoms with Gasteiger partial charge in [0.05, 0.1) is 0 Å². The quantitative estimate of drug-likeness (QED) is 0.539. The predicted octanol–water partition coefficient (Wildman–Crippen LogP) is 6.14. The van der Waals surface area contributed by atoms with Crippen LogP contribution in [0.5, 0.6) is 0 Å². The van der Waals surface area contributed by atoms with Crippen LogP contribution in [0, 0.1) is 6.92 Å². The molecule has 104 valence electrons. The van der Waals surface area contributed by atoms with Crippen LogP contribution in [0.2, 0.25) is 0 Å². The molecule has 1 aliphatic carbocycles. The summed E-state index contributed by atoms with van der Waals surface area (Å²) >= 11 is 0. The second kappa shape index (κ2) is 4.74. The maximum atomic E-state index is 2.45. The summed E-state index contributed by atoms with van der Waals surface area (Å²) in [4.78, 5) is 0. The molecule has 0 nitrogen and oxygen atoms in total. The molecule has 1 atom stereocenters. The van der Waals surface area contributed by atoms with E-state index in [-0.39, 0.29) is 7.92 Å². The molecule has 0 saturated heterocycles. The number of rotatable bonds is 1. The van der Waals surface area contributed by atoms with Gasteiger partial charge in [-0.15, -0.1) is 0 Å². The van der Waals surface area contributed by atoms with Gasteiger partial charge in [0.1, 0.15) is 0 Å². The summed E-state index contributed by atoms with van der Waals surface area (Å²) in [5.41, 5.74) is 4.96. The number of hydrogen-bond acceptors (Lipinski definition) is 0. The van der Waals surface area contributed by atoms with Crippen LogP contribution in [-0.4, -0.2) is 10.3 Å². The Morgan fingerprint density at radius 3 is 2.05 bits per heavy atom. The van der Waals surface area contributed by atoms with Gasteiger partial charge in [-0.25, -0.2) is 0 Å². The normalized spacial score (nSPS) is 19.1. The number of fused-ring (bicyclic) bond motifs is 1. The number of benzene rings is 1. The van der Waals surface area contributed by atoms with Crippen molar-refractivity contribution in [3.63, 3.8) is 0 Å². The molecular weight excluding hydrogens is 247 g/mol. The van der Waals surface area contributed by atoms with Crippen LogP contribution in [0.1, 0.15) is 63.9 Å². The van der Waals surface area contributed by atoms with E-state index in [9.17, 15) is 0 Å². The molecule has 1 aromatic rings. The van der Waals surface area contributed by atoms with Crippen molar-refractivity contribution in [3.8, 4) is 0 Å². The minimum absolute atomic E-state index is 0.127. The van der Waals surface area contributed by atoms with Crippen molar-refractivity contribution in [2.24, 2.45) is 0 Å². The third-order valence-corrected chi connectivity index (χ3v) is 7.64. The van der Waals surface area contributed by atoms with Gasteiger partial charge in [-0.3, -0.25) is 0 Å². The Morgan fingerprint density at radius 1 is 0.947 bits per heavy atom. The fourth-order valence-electron chi connectivity index (χ4n) is 3.47. The average molecular weight is 274 g/mol. The molecule has 0 saturated carbocycles. The van der Waals surface area contributed by atoms with Crippen molar-refractivity contribution in [1.29, 1.82) is 0 Å². The van der Waals surface area contributed by atoms with Crippen molar-refractivity contribution in [3.05, 3.63) is 41.0 Å². The summed E-state index contributed by atoms with van der Waals surface area (Å²) in [6, 6.07) is 6.94. The lowest BCUT2D eigenvalue weighted by molar-refractivity contribution is 0.696. The van der Waals surface area contributed by atoms with E-state index < -0.39 is 0 Å². The zero-order valence-corrected chi connectivity index (χ0v) is 14.3. The van der Waals surface area contributed by atoms with E-state index >= 15 is 0 Å². The molecule has 0 spiro atoms. The highest BCUT2D eigenvalue weighted by atomic mass is 31.1. The van der Waals surface area contributed by atoms with Gasteiger partial charge in [-0.05, 0) is 28.4 Å². The zero-order chi connectivity index (χ0) is 14.4. The fourth-order valence-corrected chi connectivity index (χ4v) is 7.93. The smallest absolute Gasteiger partial charge is 0.0239 e. The summed E-state index contributed by atoms with van der Waals surface area (Å²) in [6.45, 7) is 16.6. The molecule has 1 heteroatoms. The molecule has 0 radical (unpaired) electrons. The van der Waals surface area contributed by atoms with Gasteiger partial charge in [0.25, 0.3) is 0 Å². The SMILES string of the molecule is Cc1ccc2c(c1)C=CC2P(C(C)(C)C)C(C)(C)C. The molecule has 0 amide bonds. The van der Waals surface area contributed by atoms with E-state index in [2.05, 4.69) is 78.8 Å². The Labute approximate surface area is 120 Å².